The van der Waals surface area contributed by atoms with E-state index in [4.69, 9.17) is 0 Å². The Labute approximate surface area is 255 Å². The summed E-state index contributed by atoms with van der Waals surface area (Å²) < 4.78 is 41.4. The van der Waals surface area contributed by atoms with E-state index in [-0.39, 0.29) is 50.2 Å². The minimum Gasteiger partial charge on any atom is -0.352 e. The number of nitrogens with one attached hydrogen (secondary N) is 1. The van der Waals surface area contributed by atoms with Gasteiger partial charge in [-0.1, -0.05) is 85.5 Å². The summed E-state index contributed by atoms with van der Waals surface area (Å²) in [5.74, 6) is -1.03. The normalized spacial score (nSPS) is 14.6. The number of hydrogen-bond acceptors (Lipinski definition) is 4. The summed E-state index contributed by atoms with van der Waals surface area (Å²) in [6, 6.07) is 22.1. The Morgan fingerprint density at radius 3 is 2.23 bits per heavy atom. The van der Waals surface area contributed by atoms with Gasteiger partial charge in [-0.05, 0) is 49.9 Å². The van der Waals surface area contributed by atoms with E-state index in [1.54, 1.807) is 30.3 Å². The second kappa shape index (κ2) is 15.1. The molecule has 1 unspecified atom stereocenters. The summed E-state index contributed by atoms with van der Waals surface area (Å²) in [6.45, 7) is 1.95. The number of amides is 2. The van der Waals surface area contributed by atoms with Gasteiger partial charge in [0.25, 0.3) is 0 Å². The average molecular weight is 608 g/mol. The van der Waals surface area contributed by atoms with Gasteiger partial charge in [-0.15, -0.1) is 0 Å². The third-order valence-corrected chi connectivity index (χ3v) is 9.19. The van der Waals surface area contributed by atoms with E-state index in [1.165, 1.54) is 15.3 Å². The SMILES string of the molecule is Cc1ccc(N(CCCC(=O)N(Cc2ccccc2F)C(Cc2ccccc2)C(=O)NC2CCCCC2)S(C)(=O)=O)cc1. The van der Waals surface area contributed by atoms with Crippen LogP contribution in [-0.2, 0) is 32.6 Å². The maximum atomic E-state index is 14.9. The molecule has 0 saturated heterocycles. The van der Waals surface area contributed by atoms with Crippen LogP contribution in [0.5, 0.6) is 0 Å². The fourth-order valence-corrected chi connectivity index (χ4v) is 6.59. The molecule has 1 atom stereocenters. The zero-order chi connectivity index (χ0) is 30.8. The summed E-state index contributed by atoms with van der Waals surface area (Å²) in [5, 5.41) is 3.18. The summed E-state index contributed by atoms with van der Waals surface area (Å²) >= 11 is 0. The fraction of sp³-hybridized carbons (Fsp3) is 0.412. The fourth-order valence-electron chi connectivity index (χ4n) is 5.62. The first-order valence-electron chi connectivity index (χ1n) is 15.0. The quantitative estimate of drug-likeness (QED) is 0.267. The number of hydrogen-bond donors (Lipinski definition) is 1. The van der Waals surface area contributed by atoms with E-state index in [1.807, 2.05) is 49.4 Å². The van der Waals surface area contributed by atoms with Crippen molar-refractivity contribution < 1.29 is 22.4 Å². The Hall–Kier alpha value is -3.72. The van der Waals surface area contributed by atoms with Crippen LogP contribution >= 0.6 is 0 Å². The van der Waals surface area contributed by atoms with E-state index >= 15 is 0 Å². The highest BCUT2D eigenvalue weighted by Gasteiger charge is 2.32. The van der Waals surface area contributed by atoms with Crippen LogP contribution in [0.2, 0.25) is 0 Å². The first kappa shape index (κ1) is 32.2. The summed E-state index contributed by atoms with van der Waals surface area (Å²) in [6.07, 6.45) is 6.67. The second-order valence-electron chi connectivity index (χ2n) is 11.4. The average Bonchev–Trinajstić information content (AvgIpc) is 2.99. The van der Waals surface area contributed by atoms with Gasteiger partial charge in [0.2, 0.25) is 21.8 Å². The van der Waals surface area contributed by atoms with Crippen LogP contribution in [0.15, 0.2) is 78.9 Å². The molecule has 230 valence electrons. The molecule has 0 bridgehead atoms. The molecule has 3 aromatic carbocycles. The minimum atomic E-state index is -3.60. The highest BCUT2D eigenvalue weighted by atomic mass is 32.2. The lowest BCUT2D eigenvalue weighted by Crippen LogP contribution is -2.53. The maximum Gasteiger partial charge on any atom is 0.243 e. The number of benzene rings is 3. The number of nitrogens with zero attached hydrogens (tertiary/aromatic N) is 2. The summed E-state index contributed by atoms with van der Waals surface area (Å²) in [7, 11) is -3.60. The molecule has 0 radical (unpaired) electrons. The zero-order valence-electron chi connectivity index (χ0n) is 25.0. The van der Waals surface area contributed by atoms with Gasteiger partial charge in [-0.2, -0.15) is 0 Å². The van der Waals surface area contributed by atoms with Crippen molar-refractivity contribution in [3.8, 4) is 0 Å². The van der Waals surface area contributed by atoms with Crippen LogP contribution < -0.4 is 9.62 Å². The third kappa shape index (κ3) is 9.38. The molecule has 7 nitrogen and oxygen atoms in total. The van der Waals surface area contributed by atoms with E-state index in [0.29, 0.717) is 11.3 Å². The lowest BCUT2D eigenvalue weighted by atomic mass is 9.94. The van der Waals surface area contributed by atoms with Crippen molar-refractivity contribution in [2.24, 2.45) is 0 Å². The number of carbonyl (C=O) groups is 2. The summed E-state index contributed by atoms with van der Waals surface area (Å²) in [5.41, 5.74) is 2.74. The summed E-state index contributed by atoms with van der Waals surface area (Å²) in [4.78, 5) is 29.3. The van der Waals surface area contributed by atoms with Crippen LogP contribution in [0, 0.1) is 12.7 Å². The Bertz CT molecular complexity index is 1460. The molecule has 1 saturated carbocycles. The first-order chi connectivity index (χ1) is 20.6. The molecule has 0 heterocycles. The monoisotopic (exact) mass is 607 g/mol. The second-order valence-corrected chi connectivity index (χ2v) is 13.3. The van der Waals surface area contributed by atoms with Crippen molar-refractivity contribution in [2.75, 3.05) is 17.1 Å². The molecular weight excluding hydrogens is 565 g/mol. The van der Waals surface area contributed by atoms with Crippen molar-refractivity contribution in [2.45, 2.75) is 76.9 Å². The highest BCUT2D eigenvalue weighted by molar-refractivity contribution is 7.92. The third-order valence-electron chi connectivity index (χ3n) is 8.00. The van der Waals surface area contributed by atoms with Crippen LogP contribution in [0.1, 0.15) is 61.6 Å². The topological polar surface area (TPSA) is 86.8 Å². The lowest BCUT2D eigenvalue weighted by molar-refractivity contribution is -0.141. The van der Waals surface area contributed by atoms with Gasteiger partial charge in [0.15, 0.2) is 0 Å². The Balaban J connectivity index is 1.59. The molecular formula is C34H42FN3O4S. The van der Waals surface area contributed by atoms with Gasteiger partial charge < -0.3 is 10.2 Å². The number of sulfonamides is 1. The van der Waals surface area contributed by atoms with Gasteiger partial charge in [-0.3, -0.25) is 13.9 Å². The van der Waals surface area contributed by atoms with Crippen molar-refractivity contribution in [1.82, 2.24) is 10.2 Å². The van der Waals surface area contributed by atoms with Crippen molar-refractivity contribution in [1.29, 1.82) is 0 Å². The van der Waals surface area contributed by atoms with Crippen LogP contribution in [0.25, 0.3) is 0 Å². The van der Waals surface area contributed by atoms with Crippen LogP contribution in [-0.4, -0.2) is 50.0 Å². The molecule has 9 heteroatoms. The van der Waals surface area contributed by atoms with Crippen molar-refractivity contribution >= 4 is 27.5 Å². The maximum absolute atomic E-state index is 14.9. The Kier molecular flexibility index (Phi) is 11.3. The predicted molar refractivity (Wildman–Crippen MR) is 169 cm³/mol. The van der Waals surface area contributed by atoms with Gasteiger partial charge >= 0.3 is 0 Å². The van der Waals surface area contributed by atoms with E-state index in [9.17, 15) is 22.4 Å². The van der Waals surface area contributed by atoms with E-state index < -0.39 is 21.9 Å². The molecule has 2 amide bonds. The lowest BCUT2D eigenvalue weighted by Gasteiger charge is -2.34. The molecule has 4 rings (SSSR count). The van der Waals surface area contributed by atoms with Gasteiger partial charge in [-0.25, -0.2) is 12.8 Å². The van der Waals surface area contributed by atoms with E-state index in [2.05, 4.69) is 5.32 Å². The van der Waals surface area contributed by atoms with Crippen LogP contribution in [0.4, 0.5) is 10.1 Å². The molecule has 0 spiro atoms. The molecule has 1 aliphatic carbocycles. The zero-order valence-corrected chi connectivity index (χ0v) is 25.9. The van der Waals surface area contributed by atoms with E-state index in [0.717, 1.165) is 49.5 Å². The van der Waals surface area contributed by atoms with Crippen LogP contribution in [0.3, 0.4) is 0 Å². The predicted octanol–water partition coefficient (Wildman–Crippen LogP) is 5.77. The number of anilines is 1. The standard InChI is InChI=1S/C34H42FN3O4S/c1-26-19-21-30(22-20-26)38(43(2,41)42)23-11-18-33(39)37(25-28-14-9-10-17-31(28)35)32(24-27-12-5-3-6-13-27)34(40)36-29-15-7-4-8-16-29/h3,5-6,9-10,12-14,17,19-22,29,32H,4,7-8,11,15-16,18,23-25H2,1-2H3,(H,36,40). The molecule has 1 N–H and O–H groups in total. The Morgan fingerprint density at radius 2 is 1.58 bits per heavy atom. The van der Waals surface area contributed by atoms with Gasteiger partial charge in [0.1, 0.15) is 11.9 Å². The molecule has 43 heavy (non-hydrogen) atoms. The molecule has 0 aliphatic heterocycles. The molecule has 0 aromatic heterocycles. The number of rotatable bonds is 13. The van der Waals surface area contributed by atoms with Crippen molar-refractivity contribution in [3.63, 3.8) is 0 Å². The molecule has 3 aromatic rings. The van der Waals surface area contributed by atoms with Gasteiger partial charge in [0.05, 0.1) is 11.9 Å². The number of halogens is 1. The Morgan fingerprint density at radius 1 is 0.930 bits per heavy atom. The smallest absolute Gasteiger partial charge is 0.243 e. The highest BCUT2D eigenvalue weighted by Crippen LogP contribution is 2.23. The molecule has 1 aliphatic rings. The minimum absolute atomic E-state index is 0.00562. The number of aryl methyl sites for hydroxylation is 1. The largest absolute Gasteiger partial charge is 0.352 e. The van der Waals surface area contributed by atoms with Gasteiger partial charge in [0, 0.05) is 37.5 Å². The van der Waals surface area contributed by atoms with Crippen molar-refractivity contribution in [3.05, 3.63) is 101 Å². The number of carbonyl (C=O) groups excluding carboxylic acids is 2. The molecule has 1 fully saturated rings. The first-order valence-corrected chi connectivity index (χ1v) is 16.9.